The number of carbonyl (C=O) groups excluding carboxylic acids is 1. The van der Waals surface area contributed by atoms with E-state index in [1.165, 1.54) is 0 Å². The lowest BCUT2D eigenvalue weighted by atomic mass is 10.1. The Morgan fingerprint density at radius 2 is 1.92 bits per heavy atom. The molecule has 0 aliphatic heterocycles. The molecule has 4 aromatic rings. The second-order valence-electron chi connectivity index (χ2n) is 5.83. The van der Waals surface area contributed by atoms with Gasteiger partial charge in [0, 0.05) is 28.0 Å². The number of nitrogens with zero attached hydrogens (tertiary/aromatic N) is 2. The number of aromatic nitrogens is 2. The Morgan fingerprint density at radius 3 is 2.69 bits per heavy atom. The van der Waals surface area contributed by atoms with Crippen LogP contribution < -0.4 is 5.32 Å². The van der Waals surface area contributed by atoms with E-state index in [0.717, 1.165) is 11.1 Å². The Kier molecular flexibility index (Phi) is 4.14. The Bertz CT molecular complexity index is 1070. The first-order chi connectivity index (χ1) is 12.6. The van der Waals surface area contributed by atoms with Gasteiger partial charge in [-0.25, -0.2) is 4.98 Å². The topological polar surface area (TPSA) is 68.0 Å². The van der Waals surface area contributed by atoms with Gasteiger partial charge in [0.25, 0.3) is 5.91 Å². The molecule has 26 heavy (non-hydrogen) atoms. The monoisotopic (exact) mass is 363 g/mol. The summed E-state index contributed by atoms with van der Waals surface area (Å²) in [5, 5.41) is 3.51. The number of hydrogen-bond acceptors (Lipinski definition) is 4. The standard InChI is InChI=1S/C20H14ClN3O2/c1-12-4-5-14(20-24-18-17(26-20)3-2-10-22-18)11-16(12)23-19(25)13-6-8-15(21)9-7-13/h2-11H,1H3,(H,23,25). The average Bonchev–Trinajstić information content (AvgIpc) is 3.08. The van der Waals surface area contributed by atoms with E-state index in [1.54, 1.807) is 36.5 Å². The summed E-state index contributed by atoms with van der Waals surface area (Å²) in [6.45, 7) is 1.93. The highest BCUT2D eigenvalue weighted by molar-refractivity contribution is 6.30. The van der Waals surface area contributed by atoms with E-state index in [0.29, 0.717) is 33.4 Å². The van der Waals surface area contributed by atoms with Gasteiger partial charge >= 0.3 is 0 Å². The minimum absolute atomic E-state index is 0.207. The van der Waals surface area contributed by atoms with Crippen LogP contribution in [-0.4, -0.2) is 15.9 Å². The molecule has 1 N–H and O–H groups in total. The summed E-state index contributed by atoms with van der Waals surface area (Å²) >= 11 is 5.87. The van der Waals surface area contributed by atoms with Gasteiger partial charge in [-0.05, 0) is 61.0 Å². The van der Waals surface area contributed by atoms with Crippen LogP contribution in [0.3, 0.4) is 0 Å². The molecular formula is C20H14ClN3O2. The zero-order valence-electron chi connectivity index (χ0n) is 13.9. The molecule has 0 unspecified atom stereocenters. The van der Waals surface area contributed by atoms with Crippen LogP contribution >= 0.6 is 11.6 Å². The zero-order valence-corrected chi connectivity index (χ0v) is 14.6. The minimum atomic E-state index is -0.207. The second-order valence-corrected chi connectivity index (χ2v) is 6.27. The maximum Gasteiger partial charge on any atom is 0.255 e. The van der Waals surface area contributed by atoms with Crippen LogP contribution in [0.25, 0.3) is 22.7 Å². The molecule has 0 fully saturated rings. The number of nitrogens with one attached hydrogen (secondary N) is 1. The van der Waals surface area contributed by atoms with Gasteiger partial charge in [-0.2, -0.15) is 4.98 Å². The summed E-state index contributed by atoms with van der Waals surface area (Å²) in [6, 6.07) is 16.0. The number of pyridine rings is 1. The first-order valence-corrected chi connectivity index (χ1v) is 8.37. The molecule has 6 heteroatoms. The van der Waals surface area contributed by atoms with E-state index in [9.17, 15) is 4.79 Å². The number of anilines is 1. The van der Waals surface area contributed by atoms with E-state index < -0.39 is 0 Å². The first-order valence-electron chi connectivity index (χ1n) is 8.00. The summed E-state index contributed by atoms with van der Waals surface area (Å²) in [7, 11) is 0. The van der Waals surface area contributed by atoms with E-state index >= 15 is 0 Å². The Morgan fingerprint density at radius 1 is 1.12 bits per heavy atom. The van der Waals surface area contributed by atoms with Gasteiger partial charge in [0.15, 0.2) is 11.2 Å². The molecule has 0 saturated heterocycles. The highest BCUT2D eigenvalue weighted by Gasteiger charge is 2.12. The highest BCUT2D eigenvalue weighted by Crippen LogP contribution is 2.27. The lowest BCUT2D eigenvalue weighted by molar-refractivity contribution is 0.102. The molecule has 0 bridgehead atoms. The number of fused-ring (bicyclic) bond motifs is 1. The van der Waals surface area contributed by atoms with Gasteiger partial charge in [-0.15, -0.1) is 0 Å². The molecule has 128 valence electrons. The lowest BCUT2D eigenvalue weighted by Gasteiger charge is -2.10. The fourth-order valence-corrected chi connectivity index (χ4v) is 2.70. The molecule has 2 heterocycles. The molecule has 0 spiro atoms. The Labute approximate surface area is 154 Å². The highest BCUT2D eigenvalue weighted by atomic mass is 35.5. The van der Waals surface area contributed by atoms with E-state index in [-0.39, 0.29) is 5.91 Å². The summed E-state index contributed by atoms with van der Waals surface area (Å²) < 4.78 is 5.75. The van der Waals surface area contributed by atoms with Gasteiger partial charge in [0.1, 0.15) is 0 Å². The van der Waals surface area contributed by atoms with Crippen molar-refractivity contribution in [2.24, 2.45) is 0 Å². The van der Waals surface area contributed by atoms with Crippen LogP contribution in [0, 0.1) is 6.92 Å². The van der Waals surface area contributed by atoms with Crippen molar-refractivity contribution in [2.45, 2.75) is 6.92 Å². The summed E-state index contributed by atoms with van der Waals surface area (Å²) in [6.07, 6.45) is 1.67. The van der Waals surface area contributed by atoms with Crippen LogP contribution in [0.1, 0.15) is 15.9 Å². The first kappa shape index (κ1) is 16.3. The number of benzene rings is 2. The van der Waals surface area contributed by atoms with E-state index in [2.05, 4.69) is 15.3 Å². The SMILES string of the molecule is Cc1ccc(-c2nc3ncccc3o2)cc1NC(=O)c1ccc(Cl)cc1. The van der Waals surface area contributed by atoms with Gasteiger partial charge < -0.3 is 9.73 Å². The third kappa shape index (κ3) is 3.17. The minimum Gasteiger partial charge on any atom is -0.434 e. The van der Waals surface area contributed by atoms with Crippen LogP contribution in [0.4, 0.5) is 5.69 Å². The molecule has 2 aromatic heterocycles. The third-order valence-corrected chi connectivity index (χ3v) is 4.26. The van der Waals surface area contributed by atoms with Crippen molar-refractivity contribution in [3.63, 3.8) is 0 Å². The molecule has 2 aromatic carbocycles. The van der Waals surface area contributed by atoms with Gasteiger partial charge in [-0.1, -0.05) is 17.7 Å². The largest absolute Gasteiger partial charge is 0.434 e. The molecule has 0 saturated carbocycles. The van der Waals surface area contributed by atoms with Crippen LogP contribution in [0.15, 0.2) is 65.2 Å². The van der Waals surface area contributed by atoms with Crippen molar-refractivity contribution >= 4 is 34.4 Å². The van der Waals surface area contributed by atoms with Gasteiger partial charge in [0.2, 0.25) is 5.89 Å². The molecule has 1 amide bonds. The molecule has 0 atom stereocenters. The van der Waals surface area contributed by atoms with Crippen molar-refractivity contribution in [3.05, 3.63) is 76.9 Å². The molecule has 0 aliphatic carbocycles. The van der Waals surface area contributed by atoms with Crippen LogP contribution in [-0.2, 0) is 0 Å². The fourth-order valence-electron chi connectivity index (χ4n) is 2.58. The Balaban J connectivity index is 1.65. The number of carbonyl (C=O) groups is 1. The maximum atomic E-state index is 12.5. The smallest absolute Gasteiger partial charge is 0.255 e. The maximum absolute atomic E-state index is 12.5. The molecule has 5 nitrogen and oxygen atoms in total. The quantitative estimate of drug-likeness (QED) is 0.549. The summed E-state index contributed by atoms with van der Waals surface area (Å²) in [5.41, 5.74) is 4.10. The average molecular weight is 364 g/mol. The molecule has 0 radical (unpaired) electrons. The van der Waals surface area contributed by atoms with Crippen molar-refractivity contribution in [1.29, 1.82) is 0 Å². The normalized spacial score (nSPS) is 10.8. The van der Waals surface area contributed by atoms with Crippen molar-refractivity contribution in [3.8, 4) is 11.5 Å². The Hall–Kier alpha value is -3.18. The van der Waals surface area contributed by atoms with Crippen LogP contribution in [0.2, 0.25) is 5.02 Å². The predicted molar refractivity (Wildman–Crippen MR) is 101 cm³/mol. The summed E-state index contributed by atoms with van der Waals surface area (Å²) in [4.78, 5) is 21.0. The fraction of sp³-hybridized carbons (Fsp3) is 0.0500. The second kappa shape index (κ2) is 6.61. The number of aryl methyl sites for hydroxylation is 1. The van der Waals surface area contributed by atoms with Crippen molar-refractivity contribution in [2.75, 3.05) is 5.32 Å². The van der Waals surface area contributed by atoms with Gasteiger partial charge in [-0.3, -0.25) is 4.79 Å². The van der Waals surface area contributed by atoms with Crippen molar-refractivity contribution < 1.29 is 9.21 Å². The number of rotatable bonds is 3. The van der Waals surface area contributed by atoms with E-state index in [1.807, 2.05) is 31.2 Å². The number of hydrogen-bond donors (Lipinski definition) is 1. The number of halogens is 1. The molecule has 0 aliphatic rings. The zero-order chi connectivity index (χ0) is 18.1. The van der Waals surface area contributed by atoms with Crippen LogP contribution in [0.5, 0.6) is 0 Å². The third-order valence-electron chi connectivity index (χ3n) is 4.00. The van der Waals surface area contributed by atoms with Crippen molar-refractivity contribution in [1.82, 2.24) is 9.97 Å². The van der Waals surface area contributed by atoms with Gasteiger partial charge in [0.05, 0.1) is 0 Å². The van der Waals surface area contributed by atoms with E-state index in [4.69, 9.17) is 16.0 Å². The predicted octanol–water partition coefficient (Wildman–Crippen LogP) is 5.10. The number of oxazole rings is 1. The summed E-state index contributed by atoms with van der Waals surface area (Å²) in [5.74, 6) is 0.252. The molecular weight excluding hydrogens is 350 g/mol. The lowest BCUT2D eigenvalue weighted by Crippen LogP contribution is -2.12. The molecule has 4 rings (SSSR count). The number of amides is 1.